The lowest BCUT2D eigenvalue weighted by molar-refractivity contribution is 0.00849. The first-order valence-corrected chi connectivity index (χ1v) is 5.48. The van der Waals surface area contributed by atoms with E-state index in [-0.39, 0.29) is 11.5 Å². The third-order valence-electron chi connectivity index (χ3n) is 2.35. The molecule has 0 amide bonds. The van der Waals surface area contributed by atoms with E-state index in [2.05, 4.69) is 36.1 Å². The van der Waals surface area contributed by atoms with Crippen LogP contribution >= 0.6 is 0 Å². The summed E-state index contributed by atoms with van der Waals surface area (Å²) in [5.74, 6) is 0.753. The molecular formula is C12H21N3O. The molecule has 0 bridgehead atoms. The van der Waals surface area contributed by atoms with Gasteiger partial charge in [0.1, 0.15) is 6.10 Å². The van der Waals surface area contributed by atoms with Gasteiger partial charge in [-0.15, -0.1) is 0 Å². The largest absolute Gasteiger partial charge is 0.373 e. The van der Waals surface area contributed by atoms with E-state index in [1.54, 1.807) is 13.3 Å². The van der Waals surface area contributed by atoms with Crippen LogP contribution in [0.2, 0.25) is 0 Å². The Kier molecular flexibility index (Phi) is 4.38. The van der Waals surface area contributed by atoms with Gasteiger partial charge in [-0.05, 0) is 18.5 Å². The van der Waals surface area contributed by atoms with Crippen molar-refractivity contribution in [1.29, 1.82) is 0 Å². The molecule has 1 aromatic heterocycles. The second-order valence-electron chi connectivity index (χ2n) is 4.92. The molecule has 1 rings (SSSR count). The zero-order valence-corrected chi connectivity index (χ0v) is 10.7. The van der Waals surface area contributed by atoms with Gasteiger partial charge in [-0.2, -0.15) is 0 Å². The molecule has 0 radical (unpaired) electrons. The molecule has 1 N–H and O–H groups in total. The quantitative estimate of drug-likeness (QED) is 0.847. The first-order valence-electron chi connectivity index (χ1n) is 5.48. The summed E-state index contributed by atoms with van der Waals surface area (Å²) in [6.45, 7) is 7.11. The summed E-state index contributed by atoms with van der Waals surface area (Å²) < 4.78 is 5.49. The fourth-order valence-electron chi connectivity index (χ4n) is 1.67. The summed E-state index contributed by atoms with van der Waals surface area (Å²) in [4.78, 5) is 8.80. The number of hydrogen-bond donors (Lipinski definition) is 1. The first-order chi connectivity index (χ1) is 7.49. The first kappa shape index (κ1) is 13.1. The number of nitrogens with one attached hydrogen (secondary N) is 1. The van der Waals surface area contributed by atoms with Gasteiger partial charge in [-0.3, -0.25) is 0 Å². The zero-order valence-electron chi connectivity index (χ0n) is 10.7. The van der Waals surface area contributed by atoms with Crippen molar-refractivity contribution in [2.24, 2.45) is 5.41 Å². The molecule has 0 aliphatic carbocycles. The second kappa shape index (κ2) is 5.37. The maximum absolute atomic E-state index is 5.49. The lowest BCUT2D eigenvalue weighted by Gasteiger charge is -2.28. The van der Waals surface area contributed by atoms with E-state index in [1.807, 2.05) is 13.1 Å². The van der Waals surface area contributed by atoms with Crippen molar-refractivity contribution in [3.63, 3.8) is 0 Å². The van der Waals surface area contributed by atoms with Crippen LogP contribution in [0.4, 0.5) is 0 Å². The molecule has 1 unspecified atom stereocenters. The molecule has 0 fully saturated rings. The zero-order chi connectivity index (χ0) is 12.2. The predicted molar refractivity (Wildman–Crippen MR) is 64.0 cm³/mol. The summed E-state index contributed by atoms with van der Waals surface area (Å²) in [5, 5.41) is 3.08. The van der Waals surface area contributed by atoms with Crippen LogP contribution in [0.25, 0.3) is 0 Å². The lowest BCUT2D eigenvalue weighted by Crippen LogP contribution is -2.23. The Labute approximate surface area is 97.5 Å². The second-order valence-corrected chi connectivity index (χ2v) is 4.92. The van der Waals surface area contributed by atoms with Crippen LogP contribution < -0.4 is 5.32 Å². The summed E-state index contributed by atoms with van der Waals surface area (Å²) in [6.07, 6.45) is 1.71. The van der Waals surface area contributed by atoms with Crippen molar-refractivity contribution >= 4 is 0 Å². The molecule has 90 valence electrons. The Morgan fingerprint density at radius 2 is 2.12 bits per heavy atom. The summed E-state index contributed by atoms with van der Waals surface area (Å²) >= 11 is 0. The summed E-state index contributed by atoms with van der Waals surface area (Å²) in [6, 6.07) is 1.91. The van der Waals surface area contributed by atoms with E-state index in [9.17, 15) is 0 Å². The van der Waals surface area contributed by atoms with Crippen LogP contribution in [0.1, 0.15) is 38.4 Å². The SMILES string of the molecule is CNCc1ccnc(C(OC)C(C)(C)C)n1. The van der Waals surface area contributed by atoms with Gasteiger partial charge in [0.15, 0.2) is 5.82 Å². The van der Waals surface area contributed by atoms with Gasteiger partial charge in [0.2, 0.25) is 0 Å². The molecule has 0 spiro atoms. The highest BCUT2D eigenvalue weighted by molar-refractivity contribution is 5.05. The molecule has 0 aromatic carbocycles. The Balaban J connectivity index is 2.97. The third kappa shape index (κ3) is 3.25. The van der Waals surface area contributed by atoms with Crippen LogP contribution in [0.15, 0.2) is 12.3 Å². The van der Waals surface area contributed by atoms with Gasteiger partial charge in [-0.25, -0.2) is 9.97 Å². The standard InChI is InChI=1S/C12H21N3O/c1-12(2,3)10(16-5)11-14-7-6-9(15-11)8-13-4/h6-7,10,13H,8H2,1-5H3. The van der Waals surface area contributed by atoms with Crippen molar-refractivity contribution < 1.29 is 4.74 Å². The number of ether oxygens (including phenoxy) is 1. The van der Waals surface area contributed by atoms with Gasteiger partial charge in [-0.1, -0.05) is 20.8 Å². The Bertz CT molecular complexity index is 333. The minimum atomic E-state index is -0.0793. The van der Waals surface area contributed by atoms with Crippen LogP contribution in [-0.4, -0.2) is 24.1 Å². The number of aromatic nitrogens is 2. The number of rotatable bonds is 4. The van der Waals surface area contributed by atoms with Crippen molar-refractivity contribution in [3.05, 3.63) is 23.8 Å². The van der Waals surface area contributed by atoms with E-state index < -0.39 is 0 Å². The van der Waals surface area contributed by atoms with Gasteiger partial charge in [0.05, 0.1) is 5.69 Å². The van der Waals surface area contributed by atoms with E-state index in [1.165, 1.54) is 0 Å². The van der Waals surface area contributed by atoms with Gasteiger partial charge < -0.3 is 10.1 Å². The molecule has 4 heteroatoms. The highest BCUT2D eigenvalue weighted by Gasteiger charge is 2.28. The van der Waals surface area contributed by atoms with E-state index in [0.29, 0.717) is 0 Å². The van der Waals surface area contributed by atoms with Crippen LogP contribution in [0.3, 0.4) is 0 Å². The molecule has 0 saturated carbocycles. The minimum Gasteiger partial charge on any atom is -0.373 e. The number of hydrogen-bond acceptors (Lipinski definition) is 4. The molecular weight excluding hydrogens is 202 g/mol. The van der Waals surface area contributed by atoms with Crippen LogP contribution in [-0.2, 0) is 11.3 Å². The van der Waals surface area contributed by atoms with Crippen molar-refractivity contribution in [2.45, 2.75) is 33.4 Å². The molecule has 16 heavy (non-hydrogen) atoms. The molecule has 0 saturated heterocycles. The monoisotopic (exact) mass is 223 g/mol. The molecule has 1 heterocycles. The smallest absolute Gasteiger partial charge is 0.157 e. The molecule has 0 aliphatic heterocycles. The highest BCUT2D eigenvalue weighted by Crippen LogP contribution is 2.33. The normalized spacial score (nSPS) is 13.8. The van der Waals surface area contributed by atoms with Crippen LogP contribution in [0.5, 0.6) is 0 Å². The van der Waals surface area contributed by atoms with Crippen molar-refractivity contribution in [2.75, 3.05) is 14.2 Å². The Morgan fingerprint density at radius 3 is 2.62 bits per heavy atom. The lowest BCUT2D eigenvalue weighted by atomic mass is 9.88. The maximum Gasteiger partial charge on any atom is 0.157 e. The third-order valence-corrected chi connectivity index (χ3v) is 2.35. The fourth-order valence-corrected chi connectivity index (χ4v) is 1.67. The summed E-state index contributed by atoms with van der Waals surface area (Å²) in [5.41, 5.74) is 0.978. The van der Waals surface area contributed by atoms with Crippen molar-refractivity contribution in [1.82, 2.24) is 15.3 Å². The highest BCUT2D eigenvalue weighted by atomic mass is 16.5. The average molecular weight is 223 g/mol. The van der Waals surface area contributed by atoms with E-state index in [4.69, 9.17) is 4.74 Å². The Morgan fingerprint density at radius 1 is 1.44 bits per heavy atom. The fraction of sp³-hybridized carbons (Fsp3) is 0.667. The molecule has 0 aliphatic rings. The van der Waals surface area contributed by atoms with E-state index in [0.717, 1.165) is 18.1 Å². The van der Waals surface area contributed by atoms with Gasteiger partial charge in [0.25, 0.3) is 0 Å². The van der Waals surface area contributed by atoms with Crippen LogP contribution in [0, 0.1) is 5.41 Å². The number of nitrogens with zero attached hydrogens (tertiary/aromatic N) is 2. The van der Waals surface area contributed by atoms with Crippen molar-refractivity contribution in [3.8, 4) is 0 Å². The summed E-state index contributed by atoms with van der Waals surface area (Å²) in [7, 11) is 3.60. The average Bonchev–Trinajstić information content (AvgIpc) is 2.17. The molecule has 1 atom stereocenters. The van der Waals surface area contributed by atoms with E-state index >= 15 is 0 Å². The minimum absolute atomic E-state index is 0.00693. The maximum atomic E-state index is 5.49. The topological polar surface area (TPSA) is 47.0 Å². The molecule has 4 nitrogen and oxygen atoms in total. The van der Waals surface area contributed by atoms with Gasteiger partial charge >= 0.3 is 0 Å². The Hall–Kier alpha value is -1.00. The van der Waals surface area contributed by atoms with Gasteiger partial charge in [0, 0.05) is 19.9 Å². The predicted octanol–water partition coefficient (Wildman–Crippen LogP) is 1.93. The molecule has 1 aromatic rings. The number of methoxy groups -OCH3 is 1.